The molecule has 0 saturated carbocycles. The van der Waals surface area contributed by atoms with E-state index in [1.807, 2.05) is 13.8 Å². The number of aryl methyl sites for hydroxylation is 1. The third-order valence-corrected chi connectivity index (χ3v) is 3.81. The number of nitrogens with one attached hydrogen (secondary N) is 3. The summed E-state index contributed by atoms with van der Waals surface area (Å²) in [6.45, 7) is 7.96. The third kappa shape index (κ3) is 4.04. The molecule has 0 bridgehead atoms. The predicted molar refractivity (Wildman–Crippen MR) is 88.1 cm³/mol. The minimum absolute atomic E-state index is 0.0451. The molecule has 2 aromatic rings. The van der Waals surface area contributed by atoms with Gasteiger partial charge in [0, 0.05) is 30.9 Å². The van der Waals surface area contributed by atoms with Crippen LogP contribution in [0.1, 0.15) is 25.1 Å². The lowest BCUT2D eigenvalue weighted by Gasteiger charge is -2.09. The van der Waals surface area contributed by atoms with Crippen molar-refractivity contribution in [2.75, 3.05) is 30.3 Å². The smallest absolute Gasteiger partial charge is 0.226 e. The summed E-state index contributed by atoms with van der Waals surface area (Å²) in [7, 11) is 0. The molecule has 7 heteroatoms. The zero-order valence-corrected chi connectivity index (χ0v) is 13.4. The van der Waals surface area contributed by atoms with Gasteiger partial charge in [0.15, 0.2) is 0 Å². The first-order valence-corrected chi connectivity index (χ1v) is 7.98. The van der Waals surface area contributed by atoms with E-state index in [9.17, 15) is 4.79 Å². The van der Waals surface area contributed by atoms with Gasteiger partial charge in [-0.15, -0.1) is 11.3 Å². The summed E-state index contributed by atoms with van der Waals surface area (Å²) < 4.78 is 0. The molecular weight excluding hydrogens is 286 g/mol. The van der Waals surface area contributed by atoms with Gasteiger partial charge in [0.05, 0.1) is 5.39 Å². The molecule has 2 heterocycles. The largest absolute Gasteiger partial charge is 0.369 e. The molecule has 0 atom stereocenters. The van der Waals surface area contributed by atoms with Crippen LogP contribution in [0.2, 0.25) is 0 Å². The number of thiophene rings is 1. The average molecular weight is 307 g/mol. The number of amides is 1. The summed E-state index contributed by atoms with van der Waals surface area (Å²) in [5.74, 6) is 1.45. The van der Waals surface area contributed by atoms with E-state index in [1.54, 1.807) is 11.3 Å². The molecule has 21 heavy (non-hydrogen) atoms. The highest BCUT2D eigenvalue weighted by Crippen LogP contribution is 2.29. The standard InChI is InChI=1S/C14H21N5OS/c1-4-15-11(20)6-7-17-12-10-8-9(3)21-13(10)19-14(18-12)16-5-2/h8H,4-7H2,1-3H3,(H,15,20)(H2,16,17,18,19). The Morgan fingerprint density at radius 1 is 1.24 bits per heavy atom. The monoisotopic (exact) mass is 307 g/mol. The van der Waals surface area contributed by atoms with Gasteiger partial charge in [-0.25, -0.2) is 4.98 Å². The molecule has 0 aliphatic carbocycles. The van der Waals surface area contributed by atoms with E-state index in [0.29, 0.717) is 25.5 Å². The molecule has 0 aliphatic heterocycles. The quantitative estimate of drug-likeness (QED) is 0.732. The van der Waals surface area contributed by atoms with E-state index >= 15 is 0 Å². The van der Waals surface area contributed by atoms with Crippen molar-refractivity contribution in [3.05, 3.63) is 10.9 Å². The SMILES string of the molecule is CCNC(=O)CCNc1nc(NCC)nc2sc(C)cc12. The van der Waals surface area contributed by atoms with Gasteiger partial charge >= 0.3 is 0 Å². The number of hydrogen-bond acceptors (Lipinski definition) is 6. The van der Waals surface area contributed by atoms with Crippen LogP contribution >= 0.6 is 11.3 Å². The average Bonchev–Trinajstić information content (AvgIpc) is 2.80. The lowest BCUT2D eigenvalue weighted by atomic mass is 10.3. The lowest BCUT2D eigenvalue weighted by Crippen LogP contribution is -2.24. The summed E-state index contributed by atoms with van der Waals surface area (Å²) >= 11 is 1.64. The Labute approximate surface area is 128 Å². The molecule has 2 aromatic heterocycles. The maximum atomic E-state index is 11.5. The van der Waals surface area contributed by atoms with Crippen LogP contribution in [0.25, 0.3) is 10.2 Å². The number of carbonyl (C=O) groups is 1. The highest BCUT2D eigenvalue weighted by molar-refractivity contribution is 7.18. The summed E-state index contributed by atoms with van der Waals surface area (Å²) in [4.78, 5) is 22.6. The Balaban J connectivity index is 2.14. The Morgan fingerprint density at radius 2 is 2.05 bits per heavy atom. The highest BCUT2D eigenvalue weighted by atomic mass is 32.1. The topological polar surface area (TPSA) is 78.9 Å². The molecule has 0 aliphatic rings. The van der Waals surface area contributed by atoms with E-state index < -0.39 is 0 Å². The number of hydrogen-bond donors (Lipinski definition) is 3. The van der Waals surface area contributed by atoms with Crippen LogP contribution in [0, 0.1) is 6.92 Å². The first-order chi connectivity index (χ1) is 10.1. The van der Waals surface area contributed by atoms with Crippen LogP contribution in [0.15, 0.2) is 6.07 Å². The van der Waals surface area contributed by atoms with Crippen molar-refractivity contribution in [3.63, 3.8) is 0 Å². The van der Waals surface area contributed by atoms with Crippen molar-refractivity contribution < 1.29 is 4.79 Å². The first kappa shape index (κ1) is 15.5. The second-order valence-corrected chi connectivity index (χ2v) is 5.87. The lowest BCUT2D eigenvalue weighted by molar-refractivity contribution is -0.120. The maximum Gasteiger partial charge on any atom is 0.226 e. The second kappa shape index (κ2) is 7.21. The van der Waals surface area contributed by atoms with E-state index in [0.717, 1.165) is 22.6 Å². The van der Waals surface area contributed by atoms with Gasteiger partial charge < -0.3 is 16.0 Å². The van der Waals surface area contributed by atoms with Crippen molar-refractivity contribution in [2.24, 2.45) is 0 Å². The van der Waals surface area contributed by atoms with E-state index in [1.165, 1.54) is 4.88 Å². The summed E-state index contributed by atoms with van der Waals surface area (Å²) in [6.07, 6.45) is 0.430. The number of nitrogens with zero attached hydrogens (tertiary/aromatic N) is 2. The van der Waals surface area contributed by atoms with Crippen LogP contribution in [0.4, 0.5) is 11.8 Å². The Morgan fingerprint density at radius 3 is 2.76 bits per heavy atom. The van der Waals surface area contributed by atoms with Crippen LogP contribution < -0.4 is 16.0 Å². The normalized spacial score (nSPS) is 10.6. The van der Waals surface area contributed by atoms with Crippen molar-refractivity contribution >= 4 is 39.2 Å². The zero-order chi connectivity index (χ0) is 15.2. The summed E-state index contributed by atoms with van der Waals surface area (Å²) in [5, 5.41) is 10.2. The molecule has 1 amide bonds. The Kier molecular flexibility index (Phi) is 5.32. The van der Waals surface area contributed by atoms with Gasteiger partial charge in [0.1, 0.15) is 10.6 Å². The number of fused-ring (bicyclic) bond motifs is 1. The molecule has 3 N–H and O–H groups in total. The van der Waals surface area contributed by atoms with Gasteiger partial charge in [-0.2, -0.15) is 4.98 Å². The second-order valence-electron chi connectivity index (χ2n) is 4.63. The van der Waals surface area contributed by atoms with Crippen LogP contribution in [0.5, 0.6) is 0 Å². The van der Waals surface area contributed by atoms with E-state index in [4.69, 9.17) is 0 Å². The van der Waals surface area contributed by atoms with Crippen LogP contribution in [-0.2, 0) is 4.79 Å². The van der Waals surface area contributed by atoms with Crippen LogP contribution in [0.3, 0.4) is 0 Å². The zero-order valence-electron chi connectivity index (χ0n) is 12.6. The molecule has 0 spiro atoms. The van der Waals surface area contributed by atoms with Gasteiger partial charge in [-0.05, 0) is 26.8 Å². The fraction of sp³-hybridized carbons (Fsp3) is 0.500. The third-order valence-electron chi connectivity index (χ3n) is 2.87. The first-order valence-electron chi connectivity index (χ1n) is 7.16. The number of aromatic nitrogens is 2. The highest BCUT2D eigenvalue weighted by Gasteiger charge is 2.10. The molecule has 0 saturated heterocycles. The number of anilines is 2. The Hall–Kier alpha value is -1.89. The predicted octanol–water partition coefficient (Wildman–Crippen LogP) is 2.37. The summed E-state index contributed by atoms with van der Waals surface area (Å²) in [6, 6.07) is 2.07. The fourth-order valence-corrected chi connectivity index (χ4v) is 2.87. The van der Waals surface area contributed by atoms with Crippen LogP contribution in [-0.4, -0.2) is 35.5 Å². The van der Waals surface area contributed by atoms with Gasteiger partial charge in [0.2, 0.25) is 11.9 Å². The Bertz CT molecular complexity index is 625. The van der Waals surface area contributed by atoms with Crippen molar-refractivity contribution in [3.8, 4) is 0 Å². The molecule has 0 radical (unpaired) electrons. The molecule has 0 aromatic carbocycles. The molecule has 6 nitrogen and oxygen atoms in total. The molecular formula is C14H21N5OS. The summed E-state index contributed by atoms with van der Waals surface area (Å²) in [5.41, 5.74) is 0. The van der Waals surface area contributed by atoms with Gasteiger partial charge in [0.25, 0.3) is 0 Å². The van der Waals surface area contributed by atoms with Crippen molar-refractivity contribution in [2.45, 2.75) is 27.2 Å². The number of carbonyl (C=O) groups excluding carboxylic acids is 1. The molecule has 2 rings (SSSR count). The fourth-order valence-electron chi connectivity index (χ4n) is 1.99. The van der Waals surface area contributed by atoms with Gasteiger partial charge in [-0.3, -0.25) is 4.79 Å². The molecule has 0 unspecified atom stereocenters. The molecule has 114 valence electrons. The number of rotatable bonds is 7. The van der Waals surface area contributed by atoms with E-state index in [-0.39, 0.29) is 5.91 Å². The van der Waals surface area contributed by atoms with Crippen molar-refractivity contribution in [1.82, 2.24) is 15.3 Å². The minimum atomic E-state index is 0.0451. The van der Waals surface area contributed by atoms with Gasteiger partial charge in [-0.1, -0.05) is 0 Å². The van der Waals surface area contributed by atoms with Crippen molar-refractivity contribution in [1.29, 1.82) is 0 Å². The minimum Gasteiger partial charge on any atom is -0.369 e. The van der Waals surface area contributed by atoms with E-state index in [2.05, 4.69) is 38.9 Å². The maximum absolute atomic E-state index is 11.5. The molecule has 0 fully saturated rings.